The number of hydrogen-bond acceptors (Lipinski definition) is 3. The van der Waals surface area contributed by atoms with E-state index in [1.54, 1.807) is 11.3 Å². The minimum absolute atomic E-state index is 0.381. The maximum atomic E-state index is 10.1. The third-order valence-electron chi connectivity index (χ3n) is 2.87. The lowest BCUT2D eigenvalue weighted by molar-refractivity contribution is 0.478. The van der Waals surface area contributed by atoms with Crippen LogP contribution in [0.1, 0.15) is 10.6 Å². The number of nitrogens with zero attached hydrogens (tertiary/aromatic N) is 1. The normalized spacial score (nSPS) is 11.4. The third-order valence-corrected chi connectivity index (χ3v) is 3.96. The van der Waals surface area contributed by atoms with Crippen LogP contribution in [-0.2, 0) is 0 Å². The van der Waals surface area contributed by atoms with Crippen molar-refractivity contribution in [2.24, 2.45) is 0 Å². The van der Waals surface area contributed by atoms with E-state index in [0.29, 0.717) is 5.75 Å². The summed E-state index contributed by atoms with van der Waals surface area (Å²) in [6.45, 7) is 3.94. The van der Waals surface area contributed by atoms with Crippen LogP contribution in [0.3, 0.4) is 0 Å². The van der Waals surface area contributed by atoms with E-state index in [1.807, 2.05) is 38.1 Å². The Labute approximate surface area is 97.2 Å². The number of fused-ring (bicyclic) bond motifs is 3. The van der Waals surface area contributed by atoms with Crippen LogP contribution >= 0.6 is 11.3 Å². The van der Waals surface area contributed by atoms with Gasteiger partial charge >= 0.3 is 0 Å². The molecular weight excluding hydrogens is 218 g/mol. The summed E-state index contributed by atoms with van der Waals surface area (Å²) in [5.74, 6) is 0.381. The number of aromatic hydroxyl groups is 1. The van der Waals surface area contributed by atoms with Crippen LogP contribution in [0.15, 0.2) is 24.3 Å². The maximum absolute atomic E-state index is 10.1. The van der Waals surface area contributed by atoms with Crippen molar-refractivity contribution in [3.05, 3.63) is 34.8 Å². The molecule has 0 unspecified atom stereocenters. The Morgan fingerprint density at radius 3 is 2.56 bits per heavy atom. The molecule has 2 nitrogen and oxygen atoms in total. The van der Waals surface area contributed by atoms with E-state index in [9.17, 15) is 5.11 Å². The van der Waals surface area contributed by atoms with E-state index in [-0.39, 0.29) is 0 Å². The molecule has 0 spiro atoms. The second-order valence-electron chi connectivity index (χ2n) is 3.93. The Balaban J connectivity index is 2.67. The minimum Gasteiger partial charge on any atom is -0.507 e. The molecule has 80 valence electrons. The van der Waals surface area contributed by atoms with E-state index in [2.05, 4.69) is 4.98 Å². The molecule has 0 saturated carbocycles. The Hall–Kier alpha value is -1.61. The van der Waals surface area contributed by atoms with Crippen molar-refractivity contribution < 1.29 is 5.11 Å². The fourth-order valence-electron chi connectivity index (χ4n) is 2.07. The predicted molar refractivity (Wildman–Crippen MR) is 68.3 cm³/mol. The highest BCUT2D eigenvalue weighted by molar-refractivity contribution is 7.18. The zero-order chi connectivity index (χ0) is 11.3. The maximum Gasteiger partial charge on any atom is 0.127 e. The first-order chi connectivity index (χ1) is 7.68. The number of phenolic OH excluding ortho intramolecular Hbond substituents is 1. The monoisotopic (exact) mass is 229 g/mol. The average molecular weight is 229 g/mol. The van der Waals surface area contributed by atoms with Gasteiger partial charge in [-0.3, -0.25) is 0 Å². The standard InChI is InChI=1S/C13H11NOS/c1-7-12(15)10-6-4-3-5-9(10)11-13(7)16-8(2)14-11/h3-6,15H,1-2H3. The second-order valence-corrected chi connectivity index (χ2v) is 5.13. The lowest BCUT2D eigenvalue weighted by Gasteiger charge is -2.05. The molecule has 3 aromatic rings. The van der Waals surface area contributed by atoms with Crippen LogP contribution in [0.5, 0.6) is 5.75 Å². The summed E-state index contributed by atoms with van der Waals surface area (Å²) in [6, 6.07) is 7.86. The fourth-order valence-corrected chi connectivity index (χ4v) is 3.00. The Morgan fingerprint density at radius 2 is 1.81 bits per heavy atom. The molecule has 16 heavy (non-hydrogen) atoms. The summed E-state index contributed by atoms with van der Waals surface area (Å²) in [5.41, 5.74) is 1.94. The van der Waals surface area contributed by atoms with Crippen molar-refractivity contribution in [1.29, 1.82) is 0 Å². The molecule has 0 radical (unpaired) electrons. The van der Waals surface area contributed by atoms with E-state index in [4.69, 9.17) is 0 Å². The van der Waals surface area contributed by atoms with Gasteiger partial charge in [-0.25, -0.2) is 4.98 Å². The highest BCUT2D eigenvalue weighted by Crippen LogP contribution is 2.38. The van der Waals surface area contributed by atoms with E-state index < -0.39 is 0 Å². The van der Waals surface area contributed by atoms with E-state index in [1.165, 1.54) is 0 Å². The number of aryl methyl sites for hydroxylation is 2. The Morgan fingerprint density at radius 1 is 1.12 bits per heavy atom. The molecule has 0 atom stereocenters. The van der Waals surface area contributed by atoms with Gasteiger partial charge in [0.1, 0.15) is 5.75 Å². The molecule has 3 heteroatoms. The van der Waals surface area contributed by atoms with Crippen LogP contribution in [-0.4, -0.2) is 10.1 Å². The highest BCUT2D eigenvalue weighted by Gasteiger charge is 2.13. The van der Waals surface area contributed by atoms with Crippen molar-refractivity contribution in [1.82, 2.24) is 4.98 Å². The molecule has 1 heterocycles. The molecule has 0 aliphatic heterocycles. The molecule has 1 N–H and O–H groups in total. The van der Waals surface area contributed by atoms with Crippen molar-refractivity contribution in [3.63, 3.8) is 0 Å². The van der Waals surface area contributed by atoms with Gasteiger partial charge in [-0.2, -0.15) is 0 Å². The lowest BCUT2D eigenvalue weighted by atomic mass is 10.0. The number of rotatable bonds is 0. The van der Waals surface area contributed by atoms with Crippen LogP contribution in [0.2, 0.25) is 0 Å². The molecule has 0 saturated heterocycles. The molecule has 0 bridgehead atoms. The molecule has 1 aromatic heterocycles. The summed E-state index contributed by atoms with van der Waals surface area (Å²) in [5, 5.41) is 13.1. The molecule has 2 aromatic carbocycles. The quantitative estimate of drug-likeness (QED) is 0.636. The van der Waals surface area contributed by atoms with Crippen molar-refractivity contribution in [2.75, 3.05) is 0 Å². The third kappa shape index (κ3) is 1.15. The summed E-state index contributed by atoms with van der Waals surface area (Å²) < 4.78 is 1.09. The topological polar surface area (TPSA) is 33.1 Å². The molecular formula is C13H11NOS. The Kier molecular flexibility index (Phi) is 1.91. The first-order valence-corrected chi connectivity index (χ1v) is 5.97. The Bertz CT molecular complexity index is 700. The van der Waals surface area contributed by atoms with Crippen LogP contribution in [0.4, 0.5) is 0 Å². The first-order valence-electron chi connectivity index (χ1n) is 5.16. The fraction of sp³-hybridized carbons (Fsp3) is 0.154. The average Bonchev–Trinajstić information content (AvgIpc) is 2.68. The number of hydrogen-bond donors (Lipinski definition) is 1. The van der Waals surface area contributed by atoms with Crippen LogP contribution < -0.4 is 0 Å². The molecule has 0 fully saturated rings. The molecule has 0 aliphatic carbocycles. The van der Waals surface area contributed by atoms with Gasteiger partial charge in [-0.05, 0) is 13.8 Å². The summed E-state index contributed by atoms with van der Waals surface area (Å²) in [7, 11) is 0. The summed E-state index contributed by atoms with van der Waals surface area (Å²) in [6.07, 6.45) is 0. The molecule has 0 amide bonds. The van der Waals surface area contributed by atoms with Gasteiger partial charge in [0.15, 0.2) is 0 Å². The summed E-state index contributed by atoms with van der Waals surface area (Å²) in [4.78, 5) is 4.55. The van der Waals surface area contributed by atoms with Crippen LogP contribution in [0.25, 0.3) is 21.0 Å². The molecule has 3 rings (SSSR count). The van der Waals surface area contributed by atoms with Gasteiger partial charge in [0.2, 0.25) is 0 Å². The molecule has 0 aliphatic rings. The summed E-state index contributed by atoms with van der Waals surface area (Å²) >= 11 is 1.64. The smallest absolute Gasteiger partial charge is 0.127 e. The largest absolute Gasteiger partial charge is 0.507 e. The lowest BCUT2D eigenvalue weighted by Crippen LogP contribution is -1.81. The van der Waals surface area contributed by atoms with Gasteiger partial charge in [-0.1, -0.05) is 24.3 Å². The van der Waals surface area contributed by atoms with Crippen molar-refractivity contribution in [3.8, 4) is 5.75 Å². The second kappa shape index (κ2) is 3.19. The van der Waals surface area contributed by atoms with E-state index in [0.717, 1.165) is 31.6 Å². The zero-order valence-electron chi connectivity index (χ0n) is 9.11. The highest BCUT2D eigenvalue weighted by atomic mass is 32.1. The number of phenols is 1. The van der Waals surface area contributed by atoms with Gasteiger partial charge in [0.25, 0.3) is 0 Å². The van der Waals surface area contributed by atoms with Crippen molar-refractivity contribution in [2.45, 2.75) is 13.8 Å². The SMILES string of the molecule is Cc1nc2c(s1)c(C)c(O)c1ccccc12. The van der Waals surface area contributed by atoms with Gasteiger partial charge in [-0.15, -0.1) is 11.3 Å². The number of aromatic nitrogens is 1. The minimum atomic E-state index is 0.381. The predicted octanol–water partition coefficient (Wildman–Crippen LogP) is 3.77. The first kappa shape index (κ1) is 9.60. The van der Waals surface area contributed by atoms with Gasteiger partial charge in [0, 0.05) is 16.3 Å². The number of benzene rings is 2. The van der Waals surface area contributed by atoms with Crippen molar-refractivity contribution >= 4 is 32.3 Å². The van der Waals surface area contributed by atoms with Gasteiger partial charge in [0.05, 0.1) is 15.2 Å². The zero-order valence-corrected chi connectivity index (χ0v) is 9.93. The van der Waals surface area contributed by atoms with Gasteiger partial charge < -0.3 is 5.11 Å². The van der Waals surface area contributed by atoms with E-state index >= 15 is 0 Å². The van der Waals surface area contributed by atoms with Crippen LogP contribution in [0, 0.1) is 13.8 Å². The number of thiazole rings is 1.